The molecule has 4 heteroatoms. The number of fused-ring (bicyclic) bond motifs is 7. The molecule has 0 fully saturated rings. The van der Waals surface area contributed by atoms with Crippen molar-refractivity contribution >= 4 is 54.3 Å². The summed E-state index contributed by atoms with van der Waals surface area (Å²) in [7, 11) is 0. The Bertz CT molecular complexity index is 2950. The van der Waals surface area contributed by atoms with Gasteiger partial charge >= 0.3 is 0 Å². The van der Waals surface area contributed by atoms with Gasteiger partial charge < -0.3 is 0 Å². The lowest BCUT2D eigenvalue weighted by Gasteiger charge is -2.16. The van der Waals surface area contributed by atoms with Crippen LogP contribution in [0.1, 0.15) is 11.5 Å². The molecular weight excluding hydrogens is 681 g/mol. The van der Waals surface area contributed by atoms with Crippen LogP contribution >= 0.6 is 23.1 Å². The largest absolute Gasteiger partial charge is 0.292 e. The zero-order chi connectivity index (χ0) is 34.9. The molecule has 2 nitrogen and oxygen atoms in total. The topological polar surface area (TPSA) is 17.8 Å². The predicted molar refractivity (Wildman–Crippen MR) is 226 cm³/mol. The van der Waals surface area contributed by atoms with Crippen molar-refractivity contribution in [2.75, 3.05) is 0 Å². The van der Waals surface area contributed by atoms with Crippen molar-refractivity contribution < 1.29 is 0 Å². The van der Waals surface area contributed by atoms with Gasteiger partial charge in [-0.3, -0.25) is 4.57 Å². The van der Waals surface area contributed by atoms with Gasteiger partial charge in [0.15, 0.2) is 0 Å². The van der Waals surface area contributed by atoms with E-state index in [1.165, 1.54) is 64.0 Å². The van der Waals surface area contributed by atoms with Crippen molar-refractivity contribution in [2.24, 2.45) is 0 Å². The second-order valence-corrected chi connectivity index (χ2v) is 16.2. The molecule has 0 radical (unpaired) electrons. The van der Waals surface area contributed by atoms with E-state index in [-0.39, 0.29) is 0 Å². The predicted octanol–water partition coefficient (Wildman–Crippen LogP) is 13.7. The number of benzene rings is 7. The van der Waals surface area contributed by atoms with E-state index in [0.717, 1.165) is 28.1 Å². The van der Waals surface area contributed by atoms with Crippen molar-refractivity contribution in [1.29, 1.82) is 0 Å². The van der Waals surface area contributed by atoms with Crippen LogP contribution in [0.15, 0.2) is 187 Å². The van der Waals surface area contributed by atoms with Crippen molar-refractivity contribution in [1.82, 2.24) is 9.55 Å². The number of rotatable bonds is 5. The van der Waals surface area contributed by atoms with E-state index in [1.54, 1.807) is 0 Å². The lowest BCUT2D eigenvalue weighted by atomic mass is 9.88. The summed E-state index contributed by atoms with van der Waals surface area (Å²) in [6.07, 6.45) is 9.10. The number of hydrogen-bond acceptors (Lipinski definition) is 3. The Morgan fingerprint density at radius 1 is 0.491 bits per heavy atom. The second-order valence-electron chi connectivity index (χ2n) is 13.9. The molecule has 250 valence electrons. The molecule has 1 aliphatic carbocycles. The van der Waals surface area contributed by atoms with Crippen LogP contribution < -0.4 is 0 Å². The minimum Gasteiger partial charge on any atom is -0.292 e. The van der Waals surface area contributed by atoms with Crippen molar-refractivity contribution in [3.63, 3.8) is 0 Å². The molecule has 0 bridgehead atoms. The molecule has 1 aliphatic heterocycles. The van der Waals surface area contributed by atoms with Gasteiger partial charge in [0.1, 0.15) is 5.82 Å². The Morgan fingerprint density at radius 3 is 2.08 bits per heavy atom. The highest BCUT2D eigenvalue weighted by Gasteiger charge is 2.31. The first-order valence-electron chi connectivity index (χ1n) is 18.1. The van der Waals surface area contributed by atoms with Crippen molar-refractivity contribution in [3.8, 4) is 50.5 Å². The maximum absolute atomic E-state index is 5.12. The number of hydrogen-bond donors (Lipinski definition) is 0. The first kappa shape index (κ1) is 30.7. The van der Waals surface area contributed by atoms with Gasteiger partial charge in [-0.1, -0.05) is 109 Å². The zero-order valence-electron chi connectivity index (χ0n) is 28.7. The van der Waals surface area contributed by atoms with E-state index in [2.05, 4.69) is 187 Å². The summed E-state index contributed by atoms with van der Waals surface area (Å²) in [5, 5.41) is 3.11. The quantitative estimate of drug-likeness (QED) is 0.177. The molecule has 11 rings (SSSR count). The second kappa shape index (κ2) is 12.3. The van der Waals surface area contributed by atoms with Crippen LogP contribution in [-0.2, 0) is 0 Å². The molecule has 9 aromatic rings. The van der Waals surface area contributed by atoms with E-state index in [0.29, 0.717) is 11.2 Å². The van der Waals surface area contributed by atoms with Crippen molar-refractivity contribution in [3.05, 3.63) is 188 Å². The fraction of sp³-hybridized carbons (Fsp3) is 0.0408. The van der Waals surface area contributed by atoms with Gasteiger partial charge in [0.05, 0.1) is 11.0 Å². The zero-order valence-corrected chi connectivity index (χ0v) is 30.3. The summed E-state index contributed by atoms with van der Waals surface area (Å²) in [5.74, 6) is 1.35. The molecule has 2 unspecified atom stereocenters. The molecule has 0 saturated carbocycles. The molecule has 2 aromatic heterocycles. The third kappa shape index (κ3) is 5.21. The van der Waals surface area contributed by atoms with Crippen LogP contribution in [0.5, 0.6) is 0 Å². The monoisotopic (exact) mass is 712 g/mol. The van der Waals surface area contributed by atoms with Crippen LogP contribution in [0, 0.1) is 0 Å². The fourth-order valence-corrected chi connectivity index (χ4v) is 10.6. The van der Waals surface area contributed by atoms with Crippen LogP contribution in [0.3, 0.4) is 0 Å². The number of imidazole rings is 1. The summed E-state index contributed by atoms with van der Waals surface area (Å²) in [4.78, 5) is 6.51. The number of allylic oxidation sites excluding steroid dienone is 3. The third-order valence-electron chi connectivity index (χ3n) is 10.7. The van der Waals surface area contributed by atoms with Crippen LogP contribution in [-0.4, -0.2) is 14.8 Å². The molecule has 7 aromatic carbocycles. The van der Waals surface area contributed by atoms with E-state index >= 15 is 0 Å². The molecule has 53 heavy (non-hydrogen) atoms. The van der Waals surface area contributed by atoms with E-state index in [9.17, 15) is 0 Å². The van der Waals surface area contributed by atoms with Crippen LogP contribution in [0.4, 0.5) is 0 Å². The highest BCUT2D eigenvalue weighted by Crippen LogP contribution is 2.49. The molecule has 2 atom stereocenters. The summed E-state index contributed by atoms with van der Waals surface area (Å²) < 4.78 is 4.95. The molecule has 0 amide bonds. The summed E-state index contributed by atoms with van der Waals surface area (Å²) >= 11 is 3.85. The summed E-state index contributed by atoms with van der Waals surface area (Å²) in [6.45, 7) is 0. The van der Waals surface area contributed by atoms with Gasteiger partial charge in [-0.25, -0.2) is 4.98 Å². The first-order valence-corrected chi connectivity index (χ1v) is 19.8. The van der Waals surface area contributed by atoms with Gasteiger partial charge in [0.25, 0.3) is 0 Å². The van der Waals surface area contributed by atoms with E-state index in [4.69, 9.17) is 4.98 Å². The third-order valence-corrected chi connectivity index (χ3v) is 13.2. The SMILES string of the molecule is C1=CC2Sc3ccc(-c4cc(-c5cccc(-n6c(-c7ccccc7)nc7ccccc76)c5)cc(-c5ccc6sc7ccccc7c6c5)c4)cc3C2C=C1. The smallest absolute Gasteiger partial charge is 0.145 e. The van der Waals surface area contributed by atoms with Crippen LogP contribution in [0.25, 0.3) is 81.7 Å². The number of nitrogens with zero attached hydrogens (tertiary/aromatic N) is 2. The maximum atomic E-state index is 5.12. The van der Waals surface area contributed by atoms with Gasteiger partial charge in [0, 0.05) is 47.5 Å². The number of para-hydroxylation sites is 2. The van der Waals surface area contributed by atoms with Gasteiger partial charge in [-0.2, -0.15) is 0 Å². The molecule has 3 heterocycles. The molecule has 2 aliphatic rings. The average molecular weight is 713 g/mol. The minimum atomic E-state index is 0.414. The lowest BCUT2D eigenvalue weighted by Crippen LogP contribution is -2.06. The maximum Gasteiger partial charge on any atom is 0.145 e. The molecular formula is C49H32N2S2. The first-order chi connectivity index (χ1) is 26.2. The van der Waals surface area contributed by atoms with E-state index in [1.807, 2.05) is 23.1 Å². The van der Waals surface area contributed by atoms with Gasteiger partial charge in [-0.15, -0.1) is 23.1 Å². The Morgan fingerprint density at radius 2 is 1.19 bits per heavy atom. The van der Waals surface area contributed by atoms with E-state index < -0.39 is 0 Å². The van der Waals surface area contributed by atoms with Crippen LogP contribution in [0.2, 0.25) is 0 Å². The number of thioether (sulfide) groups is 1. The Hall–Kier alpha value is -5.94. The highest BCUT2D eigenvalue weighted by atomic mass is 32.2. The Balaban J connectivity index is 1.10. The standard InChI is InChI=1S/C49H32N2S2/c1-2-11-31(12-3-1)49-50-43-17-6-7-18-44(43)51(49)38-14-10-13-32(28-38)35-25-36(33-21-23-47-41(29-33)39-15-4-8-19-45(39)52-47)27-37(26-35)34-22-24-48-42(30-34)40-16-5-9-20-46(40)53-48/h1-30,39,45H. The number of aromatic nitrogens is 2. The normalized spacial score (nSPS) is 16.1. The average Bonchev–Trinajstić information content (AvgIpc) is 3.92. The lowest BCUT2D eigenvalue weighted by molar-refractivity contribution is 0.881. The Labute approximate surface area is 316 Å². The molecule has 0 N–H and O–H groups in total. The van der Waals surface area contributed by atoms with Gasteiger partial charge in [-0.05, 0) is 112 Å². The Kier molecular flexibility index (Phi) is 7.14. The molecule has 0 spiro atoms. The fourth-order valence-electron chi connectivity index (χ4n) is 8.15. The number of thiophene rings is 1. The molecule has 0 saturated heterocycles. The summed E-state index contributed by atoms with van der Waals surface area (Å²) in [6, 6.07) is 57.8. The highest BCUT2D eigenvalue weighted by molar-refractivity contribution is 8.00. The van der Waals surface area contributed by atoms with Gasteiger partial charge in [0.2, 0.25) is 0 Å². The minimum absolute atomic E-state index is 0.414. The summed E-state index contributed by atoms with van der Waals surface area (Å²) in [5.41, 5.74) is 13.0. The van der Waals surface area contributed by atoms with Crippen molar-refractivity contribution in [2.45, 2.75) is 16.1 Å².